The van der Waals surface area contributed by atoms with Gasteiger partial charge in [-0.15, -0.1) is 12.4 Å². The van der Waals surface area contributed by atoms with Crippen LogP contribution in [0.25, 0.3) is 0 Å². The van der Waals surface area contributed by atoms with Crippen molar-refractivity contribution in [2.75, 3.05) is 19.6 Å². The SMILES string of the molecule is Cl.O=C1CCCN1CCCNCc1cc(Br)ccc1OCc1ccccc1Cl. The van der Waals surface area contributed by atoms with Gasteiger partial charge < -0.3 is 15.0 Å². The van der Waals surface area contributed by atoms with Crippen LogP contribution in [0.5, 0.6) is 5.75 Å². The second-order valence-electron chi connectivity index (χ2n) is 6.65. The van der Waals surface area contributed by atoms with Crippen molar-refractivity contribution in [3.8, 4) is 5.75 Å². The Balaban J connectivity index is 0.00000280. The molecule has 0 bridgehead atoms. The van der Waals surface area contributed by atoms with Crippen LogP contribution >= 0.6 is 39.9 Å². The minimum Gasteiger partial charge on any atom is -0.489 e. The van der Waals surface area contributed by atoms with E-state index in [-0.39, 0.29) is 18.3 Å². The number of hydrogen-bond acceptors (Lipinski definition) is 3. The van der Waals surface area contributed by atoms with E-state index in [1.54, 1.807) is 0 Å². The van der Waals surface area contributed by atoms with Gasteiger partial charge in [0.2, 0.25) is 5.91 Å². The smallest absolute Gasteiger partial charge is 0.222 e. The summed E-state index contributed by atoms with van der Waals surface area (Å²) in [5.74, 6) is 1.14. The summed E-state index contributed by atoms with van der Waals surface area (Å²) in [5, 5.41) is 4.17. The summed E-state index contributed by atoms with van der Waals surface area (Å²) in [7, 11) is 0. The van der Waals surface area contributed by atoms with Crippen molar-refractivity contribution >= 4 is 45.8 Å². The lowest BCUT2D eigenvalue weighted by molar-refractivity contribution is -0.127. The standard InChI is InChI=1S/C21H24BrClN2O2.ClH/c22-18-8-9-20(27-15-16-5-1-2-6-19(16)23)17(13-18)14-24-10-4-12-25-11-3-7-21(25)26;/h1-2,5-6,8-9,13,24H,3-4,7,10-12,14-15H2;1H. The minimum absolute atomic E-state index is 0. The highest BCUT2D eigenvalue weighted by molar-refractivity contribution is 9.10. The topological polar surface area (TPSA) is 41.6 Å². The number of hydrogen-bond donors (Lipinski definition) is 1. The van der Waals surface area contributed by atoms with Crippen molar-refractivity contribution in [2.24, 2.45) is 0 Å². The molecular formula is C21H25BrCl2N2O2. The highest BCUT2D eigenvalue weighted by Crippen LogP contribution is 2.25. The fraction of sp³-hybridized carbons (Fsp3) is 0.381. The number of carbonyl (C=O) groups excluding carboxylic acids is 1. The van der Waals surface area contributed by atoms with Gasteiger partial charge in [-0.05, 0) is 43.7 Å². The molecule has 3 rings (SSSR count). The summed E-state index contributed by atoms with van der Waals surface area (Å²) in [6.07, 6.45) is 2.66. The maximum atomic E-state index is 11.6. The third-order valence-corrected chi connectivity index (χ3v) is 5.49. The van der Waals surface area contributed by atoms with Gasteiger partial charge >= 0.3 is 0 Å². The van der Waals surface area contributed by atoms with Crippen LogP contribution in [0.3, 0.4) is 0 Å². The van der Waals surface area contributed by atoms with E-state index in [2.05, 4.69) is 27.3 Å². The first-order valence-electron chi connectivity index (χ1n) is 9.26. The molecule has 0 aliphatic carbocycles. The van der Waals surface area contributed by atoms with E-state index in [0.29, 0.717) is 24.6 Å². The molecule has 0 saturated carbocycles. The van der Waals surface area contributed by atoms with E-state index < -0.39 is 0 Å². The van der Waals surface area contributed by atoms with Crippen LogP contribution < -0.4 is 10.1 Å². The third-order valence-electron chi connectivity index (χ3n) is 4.63. The normalized spacial score (nSPS) is 13.5. The first-order valence-corrected chi connectivity index (χ1v) is 10.4. The van der Waals surface area contributed by atoms with Crippen LogP contribution in [-0.4, -0.2) is 30.4 Å². The first-order chi connectivity index (χ1) is 13.1. The molecule has 0 spiro atoms. The molecule has 1 N–H and O–H groups in total. The molecule has 28 heavy (non-hydrogen) atoms. The second kappa shape index (κ2) is 11.7. The van der Waals surface area contributed by atoms with Crippen LogP contribution in [-0.2, 0) is 17.9 Å². The Labute approximate surface area is 186 Å². The zero-order valence-corrected chi connectivity index (χ0v) is 18.8. The van der Waals surface area contributed by atoms with Gasteiger partial charge in [0.15, 0.2) is 0 Å². The summed E-state index contributed by atoms with van der Waals surface area (Å²) in [6, 6.07) is 13.7. The van der Waals surface area contributed by atoms with E-state index in [1.165, 1.54) is 0 Å². The summed E-state index contributed by atoms with van der Waals surface area (Å²) in [4.78, 5) is 13.6. The molecule has 2 aromatic carbocycles. The van der Waals surface area contributed by atoms with Crippen molar-refractivity contribution in [1.29, 1.82) is 0 Å². The molecule has 1 aliphatic heterocycles. The predicted octanol–water partition coefficient (Wildman–Crippen LogP) is 5.21. The number of carbonyl (C=O) groups is 1. The zero-order chi connectivity index (χ0) is 19.1. The molecular weight excluding hydrogens is 463 g/mol. The molecule has 1 amide bonds. The van der Waals surface area contributed by atoms with Gasteiger partial charge in [0, 0.05) is 46.7 Å². The summed E-state index contributed by atoms with van der Waals surface area (Å²) < 4.78 is 7.03. The number of benzene rings is 2. The number of likely N-dealkylation sites (tertiary alicyclic amines) is 1. The summed E-state index contributed by atoms with van der Waals surface area (Å²) in [5.41, 5.74) is 2.06. The molecule has 1 saturated heterocycles. The predicted molar refractivity (Wildman–Crippen MR) is 119 cm³/mol. The molecule has 4 nitrogen and oxygen atoms in total. The molecule has 0 unspecified atom stereocenters. The first kappa shape index (κ1) is 23.0. The van der Waals surface area contributed by atoms with Crippen molar-refractivity contribution in [1.82, 2.24) is 10.2 Å². The highest BCUT2D eigenvalue weighted by atomic mass is 79.9. The lowest BCUT2D eigenvalue weighted by Gasteiger charge is -2.16. The number of nitrogens with one attached hydrogen (secondary N) is 1. The maximum absolute atomic E-state index is 11.6. The molecule has 1 fully saturated rings. The molecule has 152 valence electrons. The van der Waals surface area contributed by atoms with Crippen molar-refractivity contribution < 1.29 is 9.53 Å². The minimum atomic E-state index is 0. The molecule has 7 heteroatoms. The van der Waals surface area contributed by atoms with E-state index in [1.807, 2.05) is 41.3 Å². The van der Waals surface area contributed by atoms with Gasteiger partial charge in [-0.1, -0.05) is 45.7 Å². The second-order valence-corrected chi connectivity index (χ2v) is 7.97. The van der Waals surface area contributed by atoms with Crippen LogP contribution in [0.15, 0.2) is 46.9 Å². The average Bonchev–Trinajstić information content (AvgIpc) is 3.07. The van der Waals surface area contributed by atoms with Crippen molar-refractivity contribution in [3.05, 3.63) is 63.1 Å². The zero-order valence-electron chi connectivity index (χ0n) is 15.6. The van der Waals surface area contributed by atoms with Gasteiger partial charge in [0.1, 0.15) is 12.4 Å². The quantitative estimate of drug-likeness (QED) is 0.494. The van der Waals surface area contributed by atoms with Gasteiger partial charge in [-0.25, -0.2) is 0 Å². The Morgan fingerprint density at radius 2 is 2.00 bits per heavy atom. The molecule has 1 heterocycles. The largest absolute Gasteiger partial charge is 0.489 e. The van der Waals surface area contributed by atoms with E-state index in [4.69, 9.17) is 16.3 Å². The van der Waals surface area contributed by atoms with Gasteiger partial charge in [0.05, 0.1) is 0 Å². The molecule has 2 aromatic rings. The number of amides is 1. The van der Waals surface area contributed by atoms with E-state index in [0.717, 1.165) is 53.8 Å². The number of halogens is 3. The Bertz CT molecular complexity index is 789. The number of ether oxygens (including phenoxy) is 1. The highest BCUT2D eigenvalue weighted by Gasteiger charge is 2.18. The van der Waals surface area contributed by atoms with Crippen LogP contribution in [0.1, 0.15) is 30.4 Å². The van der Waals surface area contributed by atoms with Gasteiger partial charge in [-0.2, -0.15) is 0 Å². The van der Waals surface area contributed by atoms with E-state index in [9.17, 15) is 4.79 Å². The van der Waals surface area contributed by atoms with Crippen molar-refractivity contribution in [3.63, 3.8) is 0 Å². The average molecular weight is 488 g/mol. The fourth-order valence-electron chi connectivity index (χ4n) is 3.16. The third kappa shape index (κ3) is 6.66. The van der Waals surface area contributed by atoms with Crippen molar-refractivity contribution in [2.45, 2.75) is 32.4 Å². The van der Waals surface area contributed by atoms with E-state index >= 15 is 0 Å². The molecule has 0 atom stereocenters. The maximum Gasteiger partial charge on any atom is 0.222 e. The summed E-state index contributed by atoms with van der Waals surface area (Å²) >= 11 is 9.74. The van der Waals surface area contributed by atoms with Crippen LogP contribution in [0, 0.1) is 0 Å². The lowest BCUT2D eigenvalue weighted by Crippen LogP contribution is -2.28. The van der Waals surface area contributed by atoms with Gasteiger partial charge in [0.25, 0.3) is 0 Å². The number of rotatable bonds is 9. The lowest BCUT2D eigenvalue weighted by atomic mass is 10.2. The molecule has 0 radical (unpaired) electrons. The summed E-state index contributed by atoms with van der Waals surface area (Å²) in [6.45, 7) is 3.75. The Hall–Kier alpha value is -1.27. The fourth-order valence-corrected chi connectivity index (χ4v) is 3.76. The Morgan fingerprint density at radius 1 is 1.18 bits per heavy atom. The Kier molecular flexibility index (Phi) is 9.59. The Morgan fingerprint density at radius 3 is 2.75 bits per heavy atom. The van der Waals surface area contributed by atoms with Crippen LogP contribution in [0.2, 0.25) is 5.02 Å². The van der Waals surface area contributed by atoms with Crippen LogP contribution in [0.4, 0.5) is 0 Å². The number of nitrogens with zero attached hydrogens (tertiary/aromatic N) is 1. The van der Waals surface area contributed by atoms with Gasteiger partial charge in [-0.3, -0.25) is 4.79 Å². The monoisotopic (exact) mass is 486 g/mol. The molecule has 1 aliphatic rings. The molecule has 0 aromatic heterocycles.